The van der Waals surface area contributed by atoms with E-state index in [0.29, 0.717) is 0 Å². The van der Waals surface area contributed by atoms with Crippen LogP contribution in [0.3, 0.4) is 0 Å². The Labute approximate surface area is 101 Å². The molecule has 1 aromatic rings. The Bertz CT molecular complexity index is 407. The molecule has 0 amide bonds. The van der Waals surface area contributed by atoms with Gasteiger partial charge in [-0.05, 0) is 53.1 Å². The molecule has 0 radical (unpaired) electrons. The van der Waals surface area contributed by atoms with Crippen molar-refractivity contribution in [2.75, 3.05) is 6.54 Å². The minimum Gasteiger partial charge on any atom is -0.313 e. The number of fused-ring (bicyclic) bond motifs is 1. The van der Waals surface area contributed by atoms with E-state index in [0.717, 1.165) is 35.1 Å². The molecule has 1 aliphatic rings. The Morgan fingerprint density at radius 3 is 3.00 bits per heavy atom. The Morgan fingerprint density at radius 1 is 1.47 bits per heavy atom. The van der Waals surface area contributed by atoms with Crippen molar-refractivity contribution in [3.05, 3.63) is 36.9 Å². The van der Waals surface area contributed by atoms with Crippen molar-refractivity contribution in [3.63, 3.8) is 0 Å². The molecule has 80 valence electrons. The first-order valence-corrected chi connectivity index (χ1v) is 5.93. The van der Waals surface area contributed by atoms with Crippen LogP contribution >= 0.6 is 22.6 Å². The number of rotatable bonds is 1. The average Bonchev–Trinajstić information content (AvgIpc) is 2.43. The van der Waals surface area contributed by atoms with Gasteiger partial charge in [0.25, 0.3) is 5.69 Å². The number of aryl methyl sites for hydroxylation is 1. The van der Waals surface area contributed by atoms with Crippen LogP contribution in [0.15, 0.2) is 12.1 Å². The maximum absolute atomic E-state index is 10.8. The number of nitrogens with zero attached hydrogens (tertiary/aromatic N) is 1. The lowest BCUT2D eigenvalue weighted by Crippen LogP contribution is -2.13. The van der Waals surface area contributed by atoms with E-state index in [2.05, 4.69) is 27.9 Å². The monoisotopic (exact) mass is 318 g/mol. The first-order valence-electron chi connectivity index (χ1n) is 4.85. The lowest BCUT2D eigenvalue weighted by molar-refractivity contribution is -0.385. The second-order valence-corrected chi connectivity index (χ2v) is 4.65. The second kappa shape index (κ2) is 4.44. The van der Waals surface area contributed by atoms with E-state index < -0.39 is 0 Å². The largest absolute Gasteiger partial charge is 0.313 e. The fourth-order valence-corrected chi connectivity index (χ4v) is 2.75. The molecule has 5 heteroatoms. The molecule has 0 aliphatic carbocycles. The zero-order chi connectivity index (χ0) is 10.8. The predicted molar refractivity (Wildman–Crippen MR) is 65.8 cm³/mol. The summed E-state index contributed by atoms with van der Waals surface area (Å²) in [5.41, 5.74) is 2.57. The molecule has 0 bridgehead atoms. The maximum atomic E-state index is 10.8. The molecule has 4 nitrogen and oxygen atoms in total. The van der Waals surface area contributed by atoms with Crippen LogP contribution < -0.4 is 5.32 Å². The van der Waals surface area contributed by atoms with Crippen LogP contribution in [0.1, 0.15) is 17.5 Å². The van der Waals surface area contributed by atoms with Crippen molar-refractivity contribution in [2.24, 2.45) is 0 Å². The summed E-state index contributed by atoms with van der Waals surface area (Å²) in [6.45, 7) is 1.73. The van der Waals surface area contributed by atoms with Crippen molar-refractivity contribution in [1.29, 1.82) is 0 Å². The number of nitro benzene ring substituents is 1. The van der Waals surface area contributed by atoms with Crippen LogP contribution in [0.4, 0.5) is 5.69 Å². The molecule has 1 heterocycles. The van der Waals surface area contributed by atoms with Crippen LogP contribution in [0, 0.1) is 13.7 Å². The summed E-state index contributed by atoms with van der Waals surface area (Å²) < 4.78 is 0.782. The topological polar surface area (TPSA) is 55.2 Å². The Kier molecular flexibility index (Phi) is 3.20. The summed E-state index contributed by atoms with van der Waals surface area (Å²) in [6.07, 6.45) is 2.11. The van der Waals surface area contributed by atoms with Gasteiger partial charge in [0.15, 0.2) is 0 Å². The zero-order valence-electron chi connectivity index (χ0n) is 8.12. The highest BCUT2D eigenvalue weighted by Crippen LogP contribution is 2.28. The molecular weight excluding hydrogens is 307 g/mol. The van der Waals surface area contributed by atoms with Crippen LogP contribution in [-0.2, 0) is 13.0 Å². The third-order valence-electron chi connectivity index (χ3n) is 2.62. The van der Waals surface area contributed by atoms with Crippen molar-refractivity contribution in [3.8, 4) is 0 Å². The highest BCUT2D eigenvalue weighted by molar-refractivity contribution is 14.1. The minimum atomic E-state index is -0.313. The third-order valence-corrected chi connectivity index (χ3v) is 3.82. The normalized spacial score (nSPS) is 15.5. The highest BCUT2D eigenvalue weighted by atomic mass is 127. The minimum absolute atomic E-state index is 0.220. The van der Waals surface area contributed by atoms with Crippen molar-refractivity contribution in [1.82, 2.24) is 5.32 Å². The number of benzene rings is 1. The van der Waals surface area contributed by atoms with Gasteiger partial charge >= 0.3 is 0 Å². The van der Waals surface area contributed by atoms with Gasteiger partial charge in [-0.25, -0.2) is 0 Å². The van der Waals surface area contributed by atoms with Gasteiger partial charge in [-0.15, -0.1) is 0 Å². The van der Waals surface area contributed by atoms with Gasteiger partial charge in [0.05, 0.1) is 8.49 Å². The van der Waals surface area contributed by atoms with Crippen molar-refractivity contribution >= 4 is 28.3 Å². The summed E-state index contributed by atoms with van der Waals surface area (Å²) in [7, 11) is 0. The number of nitro groups is 1. The number of hydrogen-bond acceptors (Lipinski definition) is 3. The fraction of sp³-hybridized carbons (Fsp3) is 0.400. The van der Waals surface area contributed by atoms with E-state index in [1.54, 1.807) is 6.07 Å². The van der Waals surface area contributed by atoms with Gasteiger partial charge < -0.3 is 5.32 Å². The van der Waals surface area contributed by atoms with E-state index in [9.17, 15) is 10.1 Å². The molecule has 1 N–H and O–H groups in total. The molecule has 0 saturated heterocycles. The van der Waals surface area contributed by atoms with E-state index in [1.165, 1.54) is 5.56 Å². The second-order valence-electron chi connectivity index (χ2n) is 3.57. The molecule has 0 fully saturated rings. The van der Waals surface area contributed by atoms with Crippen LogP contribution in [0.2, 0.25) is 0 Å². The molecule has 0 saturated carbocycles. The van der Waals surface area contributed by atoms with Crippen LogP contribution in [0.25, 0.3) is 0 Å². The number of hydrogen-bond donors (Lipinski definition) is 1. The molecule has 0 aromatic heterocycles. The zero-order valence-corrected chi connectivity index (χ0v) is 10.3. The number of nitrogens with one attached hydrogen (secondary N) is 1. The average molecular weight is 318 g/mol. The maximum Gasteiger partial charge on any atom is 0.282 e. The van der Waals surface area contributed by atoms with Gasteiger partial charge in [0, 0.05) is 12.6 Å². The fourth-order valence-electron chi connectivity index (χ4n) is 1.83. The first kappa shape index (κ1) is 10.8. The summed E-state index contributed by atoms with van der Waals surface area (Å²) in [5.74, 6) is 0. The Hall–Kier alpha value is -0.690. The van der Waals surface area contributed by atoms with E-state index in [-0.39, 0.29) is 10.6 Å². The summed E-state index contributed by atoms with van der Waals surface area (Å²) >= 11 is 2.07. The van der Waals surface area contributed by atoms with E-state index >= 15 is 0 Å². The molecule has 1 aliphatic heterocycles. The van der Waals surface area contributed by atoms with Crippen LogP contribution in [0.5, 0.6) is 0 Å². The van der Waals surface area contributed by atoms with E-state index in [1.807, 2.05) is 6.07 Å². The van der Waals surface area contributed by atoms with Gasteiger partial charge in [-0.1, -0.05) is 6.07 Å². The highest BCUT2D eigenvalue weighted by Gasteiger charge is 2.19. The van der Waals surface area contributed by atoms with Crippen molar-refractivity contribution < 1.29 is 4.92 Å². The summed E-state index contributed by atoms with van der Waals surface area (Å²) in [6, 6.07) is 3.51. The van der Waals surface area contributed by atoms with Gasteiger partial charge in [-0.2, -0.15) is 0 Å². The summed E-state index contributed by atoms with van der Waals surface area (Å²) in [4.78, 5) is 10.5. The predicted octanol–water partition coefficient (Wildman–Crippen LogP) is 2.24. The molecular formula is C10H11IN2O2. The quantitative estimate of drug-likeness (QED) is 0.491. The molecule has 15 heavy (non-hydrogen) atoms. The molecule has 2 rings (SSSR count). The SMILES string of the molecule is O=[N+]([O-])c1ccc2c(c1I)CNCCC2. The van der Waals surface area contributed by atoms with Gasteiger partial charge in [-0.3, -0.25) is 10.1 Å². The Balaban J connectivity index is 2.50. The molecule has 0 atom stereocenters. The lowest BCUT2D eigenvalue weighted by atomic mass is 10.0. The van der Waals surface area contributed by atoms with Gasteiger partial charge in [0.1, 0.15) is 0 Å². The molecule has 1 aromatic carbocycles. The van der Waals surface area contributed by atoms with Crippen LogP contribution in [-0.4, -0.2) is 11.5 Å². The standard InChI is InChI=1S/C10H11IN2O2/c11-10-8-6-12-5-1-2-7(8)3-4-9(10)13(14)15/h3-4,12H,1-2,5-6H2. The summed E-state index contributed by atoms with van der Waals surface area (Å²) in [5, 5.41) is 14.1. The lowest BCUT2D eigenvalue weighted by Gasteiger charge is -2.07. The van der Waals surface area contributed by atoms with Crippen molar-refractivity contribution in [2.45, 2.75) is 19.4 Å². The molecule has 0 spiro atoms. The smallest absolute Gasteiger partial charge is 0.282 e. The Morgan fingerprint density at radius 2 is 2.27 bits per heavy atom. The number of halogens is 1. The first-order chi connectivity index (χ1) is 7.20. The molecule has 0 unspecified atom stereocenters. The van der Waals surface area contributed by atoms with Gasteiger partial charge in [0.2, 0.25) is 0 Å². The van der Waals surface area contributed by atoms with E-state index in [4.69, 9.17) is 0 Å². The third kappa shape index (κ3) is 2.12.